The molecule has 2 atom stereocenters. The lowest BCUT2D eigenvalue weighted by molar-refractivity contribution is 0.177. The van der Waals surface area contributed by atoms with E-state index in [1.807, 2.05) is 13.0 Å². The van der Waals surface area contributed by atoms with E-state index in [1.54, 1.807) is 6.20 Å². The summed E-state index contributed by atoms with van der Waals surface area (Å²) in [7, 11) is 0. The molecular formula is C11H18N4O. The maximum Gasteiger partial charge on any atom is 0.128 e. The molecule has 0 radical (unpaired) electrons. The van der Waals surface area contributed by atoms with Gasteiger partial charge in [-0.05, 0) is 25.0 Å². The molecule has 0 saturated carbocycles. The number of nitrogens with one attached hydrogen (secondary N) is 1. The topological polar surface area (TPSA) is 86.2 Å². The van der Waals surface area contributed by atoms with Gasteiger partial charge in [0, 0.05) is 24.3 Å². The Balaban J connectivity index is 2.28. The fraction of sp³-hybridized carbons (Fsp3) is 0.545. The van der Waals surface area contributed by atoms with Crippen molar-refractivity contribution in [2.75, 3.05) is 18.9 Å². The number of aromatic nitrogens is 1. The van der Waals surface area contributed by atoms with Gasteiger partial charge in [0.15, 0.2) is 0 Å². The molecule has 1 aromatic rings. The molecule has 2 heterocycles. The molecule has 0 bridgehead atoms. The summed E-state index contributed by atoms with van der Waals surface area (Å²) < 4.78 is 5.37. The number of nitrogen functional groups attached to an aromatic ring is 1. The Morgan fingerprint density at radius 1 is 1.62 bits per heavy atom. The molecule has 0 spiro atoms. The minimum atomic E-state index is 0.0231. The van der Waals surface area contributed by atoms with Crippen LogP contribution in [0.25, 0.3) is 0 Å². The average molecular weight is 222 g/mol. The van der Waals surface area contributed by atoms with E-state index in [0.29, 0.717) is 11.7 Å². The van der Waals surface area contributed by atoms with E-state index in [-0.39, 0.29) is 6.04 Å². The molecule has 1 aromatic heterocycles. The molecule has 0 aromatic carbocycles. The van der Waals surface area contributed by atoms with Gasteiger partial charge in [-0.3, -0.25) is 11.3 Å². The highest BCUT2D eigenvalue weighted by atomic mass is 16.5. The molecule has 88 valence electrons. The summed E-state index contributed by atoms with van der Waals surface area (Å²) in [6, 6.07) is 2.06. The molecule has 0 amide bonds. The van der Waals surface area contributed by atoms with Crippen LogP contribution in [0, 0.1) is 12.8 Å². The van der Waals surface area contributed by atoms with Crippen LogP contribution in [0.5, 0.6) is 0 Å². The van der Waals surface area contributed by atoms with Gasteiger partial charge in [0.2, 0.25) is 0 Å². The van der Waals surface area contributed by atoms with Gasteiger partial charge in [-0.2, -0.15) is 0 Å². The number of pyridine rings is 1. The van der Waals surface area contributed by atoms with Crippen LogP contribution in [-0.4, -0.2) is 18.2 Å². The summed E-state index contributed by atoms with van der Waals surface area (Å²) in [5, 5.41) is 0. The fourth-order valence-corrected chi connectivity index (χ4v) is 2.15. The number of hydrogen-bond donors (Lipinski definition) is 3. The van der Waals surface area contributed by atoms with Crippen molar-refractivity contribution >= 4 is 5.82 Å². The Labute approximate surface area is 95.1 Å². The van der Waals surface area contributed by atoms with Crippen LogP contribution in [0.15, 0.2) is 12.3 Å². The Morgan fingerprint density at radius 3 is 3.06 bits per heavy atom. The maximum atomic E-state index is 5.89. The van der Waals surface area contributed by atoms with Gasteiger partial charge in [0.25, 0.3) is 0 Å². The zero-order valence-electron chi connectivity index (χ0n) is 9.44. The van der Waals surface area contributed by atoms with Crippen LogP contribution in [0.2, 0.25) is 0 Å². The highest BCUT2D eigenvalue weighted by Gasteiger charge is 2.27. The summed E-state index contributed by atoms with van der Waals surface area (Å²) in [5.74, 6) is 6.53. The van der Waals surface area contributed by atoms with E-state index in [4.69, 9.17) is 16.3 Å². The third kappa shape index (κ3) is 2.16. The second kappa shape index (κ2) is 4.78. The lowest BCUT2D eigenvalue weighted by atomic mass is 9.92. The van der Waals surface area contributed by atoms with E-state index < -0.39 is 0 Å². The van der Waals surface area contributed by atoms with Crippen molar-refractivity contribution in [3.05, 3.63) is 23.4 Å². The molecular weight excluding hydrogens is 204 g/mol. The number of aryl methyl sites for hydroxylation is 1. The highest BCUT2D eigenvalue weighted by Crippen LogP contribution is 2.30. The molecule has 5 heteroatoms. The minimum Gasteiger partial charge on any atom is -0.383 e. The first kappa shape index (κ1) is 11.3. The van der Waals surface area contributed by atoms with Crippen molar-refractivity contribution in [3.8, 4) is 0 Å². The Kier molecular flexibility index (Phi) is 3.38. The predicted octanol–water partition coefficient (Wildman–Crippen LogP) is 0.513. The summed E-state index contributed by atoms with van der Waals surface area (Å²) >= 11 is 0. The molecule has 1 aliphatic rings. The van der Waals surface area contributed by atoms with Crippen LogP contribution < -0.4 is 17.0 Å². The number of hydrogen-bond acceptors (Lipinski definition) is 5. The minimum absolute atomic E-state index is 0.0231. The Morgan fingerprint density at radius 2 is 2.44 bits per heavy atom. The average Bonchev–Trinajstić information content (AvgIpc) is 2.78. The smallest absolute Gasteiger partial charge is 0.128 e. The largest absolute Gasteiger partial charge is 0.383 e. The summed E-state index contributed by atoms with van der Waals surface area (Å²) in [5.41, 5.74) is 10.8. The monoisotopic (exact) mass is 222 g/mol. The van der Waals surface area contributed by atoms with Gasteiger partial charge in [-0.1, -0.05) is 0 Å². The third-order valence-electron chi connectivity index (χ3n) is 3.04. The van der Waals surface area contributed by atoms with E-state index in [0.717, 1.165) is 30.8 Å². The van der Waals surface area contributed by atoms with E-state index >= 15 is 0 Å². The molecule has 5 nitrogen and oxygen atoms in total. The standard InChI is InChI=1S/C11H18N4O/c1-7-4-9(11(12)14-5-7)10(15-13)8-2-3-16-6-8/h4-5,8,10,15H,2-3,6,13H2,1H3,(H2,12,14). The number of hydrazine groups is 1. The molecule has 1 aliphatic heterocycles. The van der Waals surface area contributed by atoms with Crippen molar-refractivity contribution in [3.63, 3.8) is 0 Å². The SMILES string of the molecule is Cc1cnc(N)c(C(NN)C2CCOC2)c1. The lowest BCUT2D eigenvalue weighted by Gasteiger charge is -2.23. The first-order valence-electron chi connectivity index (χ1n) is 5.48. The molecule has 16 heavy (non-hydrogen) atoms. The Bertz CT molecular complexity index is 363. The molecule has 2 rings (SSSR count). The van der Waals surface area contributed by atoms with Gasteiger partial charge in [0.05, 0.1) is 12.6 Å². The van der Waals surface area contributed by atoms with Crippen LogP contribution in [0.4, 0.5) is 5.82 Å². The van der Waals surface area contributed by atoms with E-state index in [9.17, 15) is 0 Å². The molecule has 0 aliphatic carbocycles. The third-order valence-corrected chi connectivity index (χ3v) is 3.04. The van der Waals surface area contributed by atoms with Crippen molar-refractivity contribution in [2.45, 2.75) is 19.4 Å². The van der Waals surface area contributed by atoms with Crippen LogP contribution in [0.3, 0.4) is 0 Å². The van der Waals surface area contributed by atoms with Crippen LogP contribution in [-0.2, 0) is 4.74 Å². The molecule has 1 fully saturated rings. The maximum absolute atomic E-state index is 5.89. The summed E-state index contributed by atoms with van der Waals surface area (Å²) in [6.45, 7) is 3.51. The lowest BCUT2D eigenvalue weighted by Crippen LogP contribution is -2.34. The summed E-state index contributed by atoms with van der Waals surface area (Å²) in [6.07, 6.45) is 2.76. The normalized spacial score (nSPS) is 22.2. The Hall–Kier alpha value is -1.17. The number of anilines is 1. The molecule has 1 saturated heterocycles. The quantitative estimate of drug-likeness (QED) is 0.512. The van der Waals surface area contributed by atoms with Crippen LogP contribution >= 0.6 is 0 Å². The van der Waals surface area contributed by atoms with Crippen molar-refractivity contribution in [1.29, 1.82) is 0 Å². The number of nitrogens with two attached hydrogens (primary N) is 2. The highest BCUT2D eigenvalue weighted by molar-refractivity contribution is 5.43. The predicted molar refractivity (Wildman–Crippen MR) is 62.4 cm³/mol. The van der Waals surface area contributed by atoms with Gasteiger partial charge < -0.3 is 10.5 Å². The van der Waals surface area contributed by atoms with Crippen molar-refractivity contribution in [2.24, 2.45) is 11.8 Å². The number of rotatable bonds is 3. The van der Waals surface area contributed by atoms with Crippen LogP contribution in [0.1, 0.15) is 23.6 Å². The zero-order chi connectivity index (χ0) is 11.5. The van der Waals surface area contributed by atoms with Crippen molar-refractivity contribution in [1.82, 2.24) is 10.4 Å². The van der Waals surface area contributed by atoms with E-state index in [1.165, 1.54) is 0 Å². The second-order valence-corrected chi connectivity index (χ2v) is 4.26. The first-order chi connectivity index (χ1) is 7.72. The van der Waals surface area contributed by atoms with Gasteiger partial charge in [-0.15, -0.1) is 0 Å². The molecule has 2 unspecified atom stereocenters. The zero-order valence-corrected chi connectivity index (χ0v) is 9.44. The van der Waals surface area contributed by atoms with Gasteiger partial charge in [0.1, 0.15) is 5.82 Å². The fourth-order valence-electron chi connectivity index (χ4n) is 2.15. The molecule has 5 N–H and O–H groups in total. The first-order valence-corrected chi connectivity index (χ1v) is 5.48. The summed E-state index contributed by atoms with van der Waals surface area (Å²) in [4.78, 5) is 4.16. The van der Waals surface area contributed by atoms with Gasteiger partial charge in [-0.25, -0.2) is 4.98 Å². The number of ether oxygens (including phenoxy) is 1. The van der Waals surface area contributed by atoms with E-state index in [2.05, 4.69) is 10.4 Å². The second-order valence-electron chi connectivity index (χ2n) is 4.26. The number of nitrogens with zero attached hydrogens (tertiary/aromatic N) is 1. The van der Waals surface area contributed by atoms with Crippen molar-refractivity contribution < 1.29 is 4.74 Å². The van der Waals surface area contributed by atoms with Gasteiger partial charge >= 0.3 is 0 Å².